The number of hydrogen-bond acceptors (Lipinski definition) is 2. The van der Waals surface area contributed by atoms with Crippen molar-refractivity contribution in [2.75, 3.05) is 4.90 Å². The molecule has 0 aliphatic rings. The molecule has 0 radical (unpaired) electrons. The van der Waals surface area contributed by atoms with Crippen LogP contribution in [-0.4, -0.2) is 18.7 Å². The number of rotatable bonds is 10. The Hall–Kier alpha value is -8.89. The fourth-order valence-corrected chi connectivity index (χ4v) is 10.6. The molecule has 0 spiro atoms. The molecule has 13 aromatic rings. The summed E-state index contributed by atoms with van der Waals surface area (Å²) in [6.07, 6.45) is 4.09. The molecule has 0 unspecified atom stereocenters. The summed E-state index contributed by atoms with van der Waals surface area (Å²) in [7, 11) is 2.09. The number of fused-ring (bicyclic) bond motifs is 4. The first-order valence-corrected chi connectivity index (χ1v) is 24.3. The zero-order chi connectivity index (χ0) is 48.0. The van der Waals surface area contributed by atoms with E-state index >= 15 is 0 Å². The first-order valence-electron chi connectivity index (χ1n) is 24.3. The standard InChI is InChI=1S/C67H46N5.Pt/c1-69-46-70(63-38-17-16-37-62(63)69)52-29-18-30-53(44-52)71(67-57(49-25-10-4-11-26-49)34-20-35-58(67)50-27-12-5-13-28-50)54-39-40-60-59-31-14-15-36-61(59)72(64(60)45-54)65-43-51(41-42-68-65)66-55(47-21-6-2-7-22-47)32-19-33-56(66)48-23-8-3-9-24-48;/h2-43,46H,1H3;/q-1;. The van der Waals surface area contributed by atoms with Gasteiger partial charge in [-0.15, -0.1) is 29.7 Å². The largest absolute Gasteiger partial charge is 0.357 e. The smallest absolute Gasteiger partial charge is 0.188 e. The van der Waals surface area contributed by atoms with E-state index in [4.69, 9.17) is 4.98 Å². The number of para-hydroxylation sites is 4. The van der Waals surface area contributed by atoms with Crippen molar-refractivity contribution >= 4 is 49.9 Å². The number of anilines is 3. The van der Waals surface area contributed by atoms with E-state index in [1.165, 1.54) is 0 Å². The molecule has 5 nitrogen and oxygen atoms in total. The Kier molecular flexibility index (Phi) is 12.0. The summed E-state index contributed by atoms with van der Waals surface area (Å²) in [5, 5.41) is 2.21. The van der Waals surface area contributed by atoms with Gasteiger partial charge in [0.1, 0.15) is 5.82 Å². The third-order valence-corrected chi connectivity index (χ3v) is 13.8. The van der Waals surface area contributed by atoms with Crippen LogP contribution in [0.5, 0.6) is 0 Å². The summed E-state index contributed by atoms with van der Waals surface area (Å²) in [5.74, 6) is 0.802. The number of hydrogen-bond donors (Lipinski definition) is 0. The maximum Gasteiger partial charge on any atom is 0.188 e. The number of benzene rings is 10. The van der Waals surface area contributed by atoms with E-state index < -0.39 is 0 Å². The van der Waals surface area contributed by atoms with Crippen molar-refractivity contribution in [2.24, 2.45) is 7.05 Å². The molecule has 10 aromatic carbocycles. The summed E-state index contributed by atoms with van der Waals surface area (Å²) in [6, 6.07) is 96.4. The fourth-order valence-electron chi connectivity index (χ4n) is 10.6. The zero-order valence-corrected chi connectivity index (χ0v) is 42.2. The van der Waals surface area contributed by atoms with Crippen LogP contribution in [0.4, 0.5) is 17.1 Å². The van der Waals surface area contributed by atoms with E-state index in [2.05, 4.69) is 293 Å². The summed E-state index contributed by atoms with van der Waals surface area (Å²) < 4.78 is 6.68. The van der Waals surface area contributed by atoms with E-state index in [1.54, 1.807) is 0 Å². The van der Waals surface area contributed by atoms with Crippen molar-refractivity contribution in [3.63, 3.8) is 0 Å². The number of aryl methyl sites for hydroxylation is 1. The Bertz CT molecular complexity index is 3990. The fraction of sp³-hybridized carbons (Fsp3) is 0.0149. The van der Waals surface area contributed by atoms with Gasteiger partial charge < -0.3 is 9.47 Å². The van der Waals surface area contributed by atoms with Gasteiger partial charge in [-0.2, -0.15) is 12.1 Å². The van der Waals surface area contributed by atoms with Crippen LogP contribution in [0.2, 0.25) is 0 Å². The number of imidazole rings is 1. The van der Waals surface area contributed by atoms with Crippen molar-refractivity contribution in [3.05, 3.63) is 273 Å². The van der Waals surface area contributed by atoms with Crippen LogP contribution in [0.25, 0.3) is 100.0 Å². The Morgan fingerprint density at radius 2 is 0.932 bits per heavy atom. The minimum absolute atomic E-state index is 0. The average molecular weight is 1120 g/mol. The van der Waals surface area contributed by atoms with Crippen LogP contribution in [0.3, 0.4) is 0 Å². The first-order chi connectivity index (χ1) is 35.7. The van der Waals surface area contributed by atoms with Gasteiger partial charge in [-0.3, -0.25) is 0 Å². The summed E-state index contributed by atoms with van der Waals surface area (Å²) in [6.45, 7) is 0. The van der Waals surface area contributed by atoms with Crippen molar-refractivity contribution in [2.45, 2.75) is 0 Å². The quantitative estimate of drug-likeness (QED) is 0.128. The minimum atomic E-state index is 0. The molecule has 0 amide bonds. The van der Waals surface area contributed by atoms with E-state index in [-0.39, 0.29) is 21.1 Å². The van der Waals surface area contributed by atoms with Gasteiger partial charge in [0.05, 0.1) is 5.69 Å². The van der Waals surface area contributed by atoms with Crippen LogP contribution in [0, 0.1) is 12.1 Å². The monoisotopic (exact) mass is 1120 g/mol. The molecule has 0 fully saturated rings. The van der Waals surface area contributed by atoms with Gasteiger partial charge in [0.2, 0.25) is 0 Å². The number of pyridine rings is 1. The van der Waals surface area contributed by atoms with Crippen molar-refractivity contribution in [1.29, 1.82) is 0 Å². The van der Waals surface area contributed by atoms with Gasteiger partial charge in [-0.25, -0.2) is 14.1 Å². The third kappa shape index (κ3) is 8.14. The Morgan fingerprint density at radius 1 is 0.425 bits per heavy atom. The molecule has 0 atom stereocenters. The molecule has 6 heteroatoms. The van der Waals surface area contributed by atoms with Crippen molar-refractivity contribution in [3.8, 4) is 67.1 Å². The van der Waals surface area contributed by atoms with Gasteiger partial charge in [-0.05, 0) is 80.2 Å². The topological polar surface area (TPSA) is 30.9 Å². The molecule has 0 saturated heterocycles. The second kappa shape index (κ2) is 19.4. The second-order valence-corrected chi connectivity index (χ2v) is 18.1. The van der Waals surface area contributed by atoms with Gasteiger partial charge in [-0.1, -0.05) is 199 Å². The molecule has 0 aliphatic carbocycles. The normalized spacial score (nSPS) is 11.2. The van der Waals surface area contributed by atoms with Crippen LogP contribution in [0.15, 0.2) is 261 Å². The number of aromatic nitrogens is 4. The summed E-state index contributed by atoms with van der Waals surface area (Å²) in [4.78, 5) is 7.56. The molecular formula is C67H46N5Pt-. The molecule has 0 aliphatic heterocycles. The molecule has 0 bridgehead atoms. The predicted molar refractivity (Wildman–Crippen MR) is 298 cm³/mol. The summed E-state index contributed by atoms with van der Waals surface area (Å²) in [5.41, 5.74) is 19.1. The second-order valence-electron chi connectivity index (χ2n) is 18.1. The molecule has 0 N–H and O–H groups in total. The molecule has 350 valence electrons. The molecule has 3 aromatic heterocycles. The molecule has 73 heavy (non-hydrogen) atoms. The maximum atomic E-state index is 5.20. The Balaban J connectivity index is 0.00000543. The Labute approximate surface area is 439 Å². The average Bonchev–Trinajstić information content (AvgIpc) is 3.98. The molecular weight excluding hydrogens is 1070 g/mol. The minimum Gasteiger partial charge on any atom is -0.357 e. The molecule has 0 saturated carbocycles. The van der Waals surface area contributed by atoms with Gasteiger partial charge in [0.15, 0.2) is 17.4 Å². The van der Waals surface area contributed by atoms with Crippen LogP contribution in [0.1, 0.15) is 0 Å². The molecule has 13 rings (SSSR count). The summed E-state index contributed by atoms with van der Waals surface area (Å²) >= 11 is 0. The van der Waals surface area contributed by atoms with Crippen molar-refractivity contribution in [1.82, 2.24) is 18.7 Å². The Morgan fingerprint density at radius 3 is 1.55 bits per heavy atom. The van der Waals surface area contributed by atoms with Crippen LogP contribution < -0.4 is 4.90 Å². The maximum absolute atomic E-state index is 5.20. The van der Waals surface area contributed by atoms with Gasteiger partial charge in [0, 0.05) is 68.8 Å². The number of nitrogens with zero attached hydrogens (tertiary/aromatic N) is 5. The zero-order valence-electron chi connectivity index (χ0n) is 39.9. The first kappa shape index (κ1) is 45.3. The van der Waals surface area contributed by atoms with E-state index in [0.717, 1.165) is 117 Å². The third-order valence-electron chi connectivity index (χ3n) is 13.8. The van der Waals surface area contributed by atoms with E-state index in [1.807, 2.05) is 6.20 Å². The van der Waals surface area contributed by atoms with Crippen molar-refractivity contribution < 1.29 is 21.1 Å². The predicted octanol–water partition coefficient (Wildman–Crippen LogP) is 17.1. The van der Waals surface area contributed by atoms with E-state index in [0.29, 0.717) is 0 Å². The van der Waals surface area contributed by atoms with Crippen LogP contribution >= 0.6 is 0 Å². The van der Waals surface area contributed by atoms with E-state index in [9.17, 15) is 0 Å². The van der Waals surface area contributed by atoms with Gasteiger partial charge in [0.25, 0.3) is 0 Å². The van der Waals surface area contributed by atoms with Crippen LogP contribution in [-0.2, 0) is 28.1 Å². The molecule has 3 heterocycles. The van der Waals surface area contributed by atoms with Gasteiger partial charge >= 0.3 is 0 Å². The SMILES string of the molecule is Cn1[cH+]n(-c2[c-]c(N(c3[c-]c4c(cc3)c3ccccc3n4-c3cc(-c4c(-c5ccccc5)cccc4-c4ccccc4)ccn3)c3c(-c4ccccc4)cccc3-c3ccccc3)ccc2)c2ccccc21.[Pt].